The molecule has 3 N–H and O–H groups in total. The zero-order valence-electron chi connectivity index (χ0n) is 7.16. The minimum absolute atomic E-state index is 0.0590. The normalized spacial score (nSPS) is 9.91. The van der Waals surface area contributed by atoms with Crippen molar-refractivity contribution in [2.75, 3.05) is 6.61 Å². The van der Waals surface area contributed by atoms with Gasteiger partial charge in [0.25, 0.3) is 5.97 Å². The summed E-state index contributed by atoms with van der Waals surface area (Å²) in [6.45, 7) is 4.48. The first kappa shape index (κ1) is 13.0. The summed E-state index contributed by atoms with van der Waals surface area (Å²) in [4.78, 5) is 9.00. The molecule has 0 atom stereocenters. The minimum Gasteiger partial charge on any atom is -0.481 e. The molecule has 68 valence electrons. The molecule has 0 saturated heterocycles. The van der Waals surface area contributed by atoms with Crippen molar-refractivity contribution in [3.63, 3.8) is 0 Å². The van der Waals surface area contributed by atoms with Crippen molar-refractivity contribution >= 4 is 5.97 Å². The zero-order chi connectivity index (χ0) is 9.49. The molecule has 0 aliphatic carbocycles. The Labute approximate surface area is 66.5 Å². The highest BCUT2D eigenvalue weighted by atomic mass is 16.4. The second-order valence-electron chi connectivity index (χ2n) is 2.81. The van der Waals surface area contributed by atoms with Crippen LogP contribution in [0.25, 0.3) is 0 Å². The fourth-order valence-electron chi connectivity index (χ4n) is 0.274. The lowest BCUT2D eigenvalue weighted by atomic mass is 10.1. The fourth-order valence-corrected chi connectivity index (χ4v) is 0.274. The van der Waals surface area contributed by atoms with E-state index in [9.17, 15) is 0 Å². The second-order valence-corrected chi connectivity index (χ2v) is 2.81. The number of aliphatic hydroxyl groups is 2. The molecule has 0 aromatic heterocycles. The molecule has 11 heavy (non-hydrogen) atoms. The van der Waals surface area contributed by atoms with Crippen LogP contribution in [0.2, 0.25) is 0 Å². The Morgan fingerprint density at radius 2 is 1.73 bits per heavy atom. The number of carboxylic acids is 1. The van der Waals surface area contributed by atoms with E-state index in [1.165, 1.54) is 0 Å². The summed E-state index contributed by atoms with van der Waals surface area (Å²) >= 11 is 0. The molecule has 0 saturated carbocycles. The second kappa shape index (κ2) is 6.12. The molecule has 4 heteroatoms. The van der Waals surface area contributed by atoms with Crippen molar-refractivity contribution < 1.29 is 20.1 Å². The van der Waals surface area contributed by atoms with Crippen LogP contribution in [0.5, 0.6) is 0 Å². The lowest BCUT2D eigenvalue weighted by Gasteiger charge is -2.13. The number of aliphatic hydroxyl groups excluding tert-OH is 1. The van der Waals surface area contributed by atoms with Crippen molar-refractivity contribution in [3.05, 3.63) is 0 Å². The van der Waals surface area contributed by atoms with E-state index in [0.29, 0.717) is 6.42 Å². The van der Waals surface area contributed by atoms with Gasteiger partial charge in [0.2, 0.25) is 0 Å². The van der Waals surface area contributed by atoms with Crippen LogP contribution in [0.15, 0.2) is 0 Å². The van der Waals surface area contributed by atoms with E-state index >= 15 is 0 Å². The molecule has 0 fully saturated rings. The largest absolute Gasteiger partial charge is 0.481 e. The van der Waals surface area contributed by atoms with Crippen molar-refractivity contribution in [1.82, 2.24) is 0 Å². The summed E-state index contributed by atoms with van der Waals surface area (Å²) in [5.74, 6) is -0.833. The van der Waals surface area contributed by atoms with Crippen molar-refractivity contribution in [2.24, 2.45) is 0 Å². The number of rotatable bonds is 2. The number of carbonyl (C=O) groups is 1. The molecule has 0 aromatic rings. The summed E-state index contributed by atoms with van der Waals surface area (Å²) in [7, 11) is 0. The van der Waals surface area contributed by atoms with Crippen LogP contribution in [0, 0.1) is 0 Å². The zero-order valence-corrected chi connectivity index (χ0v) is 7.16. The van der Waals surface area contributed by atoms with Crippen LogP contribution in [0.3, 0.4) is 0 Å². The molecule has 0 aromatic carbocycles. The van der Waals surface area contributed by atoms with Crippen molar-refractivity contribution in [3.8, 4) is 0 Å². The third-order valence-electron chi connectivity index (χ3n) is 0.724. The van der Waals surface area contributed by atoms with Gasteiger partial charge in [0.05, 0.1) is 5.60 Å². The molecular weight excluding hydrogens is 148 g/mol. The monoisotopic (exact) mass is 164 g/mol. The van der Waals surface area contributed by atoms with E-state index in [0.717, 1.165) is 6.92 Å². The third-order valence-corrected chi connectivity index (χ3v) is 0.724. The van der Waals surface area contributed by atoms with Gasteiger partial charge in [-0.15, -0.1) is 0 Å². The lowest BCUT2D eigenvalue weighted by molar-refractivity contribution is -0.134. The van der Waals surface area contributed by atoms with Crippen LogP contribution in [-0.2, 0) is 4.79 Å². The highest BCUT2D eigenvalue weighted by Gasteiger charge is 2.09. The molecule has 0 radical (unpaired) electrons. The number of hydrogen-bond acceptors (Lipinski definition) is 3. The Bertz CT molecular complexity index is 99.5. The van der Waals surface area contributed by atoms with Crippen LogP contribution in [-0.4, -0.2) is 33.5 Å². The van der Waals surface area contributed by atoms with Crippen molar-refractivity contribution in [2.45, 2.75) is 32.8 Å². The Hall–Kier alpha value is -0.610. The minimum atomic E-state index is -0.833. The van der Waals surface area contributed by atoms with Crippen LogP contribution >= 0.6 is 0 Å². The first-order valence-corrected chi connectivity index (χ1v) is 3.32. The van der Waals surface area contributed by atoms with Crippen molar-refractivity contribution in [1.29, 1.82) is 0 Å². The van der Waals surface area contributed by atoms with E-state index < -0.39 is 11.6 Å². The predicted molar refractivity (Wildman–Crippen MR) is 41.3 cm³/mol. The van der Waals surface area contributed by atoms with Gasteiger partial charge in [-0.1, -0.05) is 0 Å². The summed E-state index contributed by atoms with van der Waals surface area (Å²) in [6.07, 6.45) is 0.451. The van der Waals surface area contributed by atoms with Gasteiger partial charge in [0.1, 0.15) is 0 Å². The van der Waals surface area contributed by atoms with Gasteiger partial charge >= 0.3 is 0 Å². The molecule has 0 bridgehead atoms. The topological polar surface area (TPSA) is 77.8 Å². The van der Waals surface area contributed by atoms with Gasteiger partial charge in [0, 0.05) is 13.5 Å². The Kier molecular flexibility index (Phi) is 7.24. The molecule has 0 amide bonds. The van der Waals surface area contributed by atoms with Crippen LogP contribution in [0.1, 0.15) is 27.2 Å². The standard InChI is InChI=1S/C5H12O2.C2H4O2/c1-5(2,7)3-4-6;1-2(3)4/h6-7H,3-4H2,1-2H3;1H3,(H,3,4). The summed E-state index contributed by atoms with van der Waals surface area (Å²) in [5.41, 5.74) is -0.700. The van der Waals surface area contributed by atoms with Crippen LogP contribution in [0.4, 0.5) is 0 Å². The molecule has 0 heterocycles. The summed E-state index contributed by atoms with van der Waals surface area (Å²) in [5, 5.41) is 24.5. The van der Waals surface area contributed by atoms with E-state index in [4.69, 9.17) is 20.1 Å². The van der Waals surface area contributed by atoms with E-state index in [-0.39, 0.29) is 6.61 Å². The maximum Gasteiger partial charge on any atom is 0.300 e. The Balaban J connectivity index is 0. The number of carboxylic acid groups (broad SMARTS) is 1. The summed E-state index contributed by atoms with van der Waals surface area (Å²) < 4.78 is 0. The first-order valence-electron chi connectivity index (χ1n) is 3.32. The number of hydrogen-bond donors (Lipinski definition) is 3. The van der Waals surface area contributed by atoms with E-state index in [1.54, 1.807) is 13.8 Å². The van der Waals surface area contributed by atoms with Gasteiger partial charge in [-0.2, -0.15) is 0 Å². The Morgan fingerprint density at radius 3 is 1.73 bits per heavy atom. The van der Waals surface area contributed by atoms with Crippen LogP contribution < -0.4 is 0 Å². The quantitative estimate of drug-likeness (QED) is 0.546. The smallest absolute Gasteiger partial charge is 0.300 e. The molecular formula is C7H16O4. The molecule has 0 aliphatic rings. The highest BCUT2D eigenvalue weighted by Crippen LogP contribution is 2.04. The molecule has 0 rings (SSSR count). The maximum absolute atomic E-state index is 9.00. The van der Waals surface area contributed by atoms with E-state index in [2.05, 4.69) is 0 Å². The van der Waals surface area contributed by atoms with Gasteiger partial charge in [-0.3, -0.25) is 4.79 Å². The van der Waals surface area contributed by atoms with E-state index in [1.807, 2.05) is 0 Å². The highest BCUT2D eigenvalue weighted by molar-refractivity contribution is 5.62. The molecule has 0 unspecified atom stereocenters. The molecule has 4 nitrogen and oxygen atoms in total. The average molecular weight is 164 g/mol. The van der Waals surface area contributed by atoms with Gasteiger partial charge in [-0.25, -0.2) is 0 Å². The predicted octanol–water partition coefficient (Wildman–Crippen LogP) is 0.231. The van der Waals surface area contributed by atoms with Gasteiger partial charge in [0.15, 0.2) is 0 Å². The lowest BCUT2D eigenvalue weighted by Crippen LogP contribution is -2.19. The Morgan fingerprint density at radius 1 is 1.45 bits per heavy atom. The molecule has 0 spiro atoms. The maximum atomic E-state index is 9.00. The number of aliphatic carboxylic acids is 1. The fraction of sp³-hybridized carbons (Fsp3) is 0.857. The SMILES string of the molecule is CC(=O)O.CC(C)(O)CCO. The van der Waals surface area contributed by atoms with Gasteiger partial charge < -0.3 is 15.3 Å². The van der Waals surface area contributed by atoms with Gasteiger partial charge in [-0.05, 0) is 20.3 Å². The first-order chi connectivity index (χ1) is 4.79. The third kappa shape index (κ3) is 44.6. The molecule has 0 aliphatic heterocycles. The summed E-state index contributed by atoms with van der Waals surface area (Å²) in [6, 6.07) is 0. The average Bonchev–Trinajstić information content (AvgIpc) is 1.58.